The molecule has 2 nitrogen and oxygen atoms in total. The molecular formula is C11H21NOS. The van der Waals surface area contributed by atoms with Gasteiger partial charge in [0, 0.05) is 6.54 Å². The minimum Gasteiger partial charge on any atom is -0.389 e. The van der Waals surface area contributed by atoms with Crippen molar-refractivity contribution in [2.75, 3.05) is 24.6 Å². The van der Waals surface area contributed by atoms with Crippen LogP contribution in [0.4, 0.5) is 0 Å². The summed E-state index contributed by atoms with van der Waals surface area (Å²) in [5.74, 6) is 3.87. The second-order valence-corrected chi connectivity index (χ2v) is 6.06. The highest BCUT2D eigenvalue weighted by molar-refractivity contribution is 7.99. The predicted molar refractivity (Wildman–Crippen MR) is 61.6 cm³/mol. The monoisotopic (exact) mass is 215 g/mol. The largest absolute Gasteiger partial charge is 0.389 e. The van der Waals surface area contributed by atoms with Crippen molar-refractivity contribution in [1.82, 2.24) is 5.32 Å². The van der Waals surface area contributed by atoms with Gasteiger partial charge in [-0.1, -0.05) is 0 Å². The first-order valence-corrected chi connectivity index (χ1v) is 6.86. The van der Waals surface area contributed by atoms with Gasteiger partial charge in [-0.25, -0.2) is 0 Å². The maximum Gasteiger partial charge on any atom is 0.0774 e. The average Bonchev–Trinajstić information content (AvgIpc) is 2.18. The van der Waals surface area contributed by atoms with Gasteiger partial charge in [0.2, 0.25) is 0 Å². The lowest BCUT2D eigenvalue weighted by Gasteiger charge is -2.43. The fraction of sp³-hybridized carbons (Fsp3) is 1.00. The van der Waals surface area contributed by atoms with Crippen molar-refractivity contribution in [3.63, 3.8) is 0 Å². The Morgan fingerprint density at radius 1 is 1.43 bits per heavy atom. The molecule has 2 heterocycles. The third kappa shape index (κ3) is 2.26. The highest BCUT2D eigenvalue weighted by atomic mass is 32.2. The Bertz CT molecular complexity index is 190. The van der Waals surface area contributed by atoms with Crippen LogP contribution in [0.5, 0.6) is 0 Å². The molecule has 2 fully saturated rings. The van der Waals surface area contributed by atoms with Crippen molar-refractivity contribution in [2.45, 2.75) is 31.8 Å². The molecule has 0 spiro atoms. The molecule has 14 heavy (non-hydrogen) atoms. The summed E-state index contributed by atoms with van der Waals surface area (Å²) in [6.45, 7) is 3.86. The Kier molecular flexibility index (Phi) is 3.40. The zero-order valence-electron chi connectivity index (χ0n) is 8.96. The molecule has 82 valence electrons. The van der Waals surface area contributed by atoms with Crippen LogP contribution in [-0.2, 0) is 0 Å². The lowest BCUT2D eigenvalue weighted by atomic mass is 9.74. The van der Waals surface area contributed by atoms with E-state index in [1.807, 2.05) is 6.92 Å². The van der Waals surface area contributed by atoms with E-state index >= 15 is 0 Å². The van der Waals surface area contributed by atoms with E-state index in [9.17, 15) is 5.11 Å². The minimum absolute atomic E-state index is 0.471. The molecular weight excluding hydrogens is 194 g/mol. The minimum atomic E-state index is -0.471. The SMILES string of the molecule is CC1(O)CNCCC1C1CCCSC1. The van der Waals surface area contributed by atoms with Gasteiger partial charge in [0.25, 0.3) is 0 Å². The van der Waals surface area contributed by atoms with Crippen LogP contribution >= 0.6 is 11.8 Å². The predicted octanol–water partition coefficient (Wildman–Crippen LogP) is 1.49. The van der Waals surface area contributed by atoms with Gasteiger partial charge in [0.1, 0.15) is 0 Å². The molecule has 0 radical (unpaired) electrons. The Morgan fingerprint density at radius 3 is 2.93 bits per heavy atom. The van der Waals surface area contributed by atoms with Gasteiger partial charge in [-0.3, -0.25) is 0 Å². The molecule has 2 rings (SSSR count). The molecule has 2 aliphatic rings. The van der Waals surface area contributed by atoms with E-state index in [2.05, 4.69) is 17.1 Å². The van der Waals surface area contributed by atoms with Crippen LogP contribution in [-0.4, -0.2) is 35.3 Å². The van der Waals surface area contributed by atoms with Crippen LogP contribution in [0.15, 0.2) is 0 Å². The summed E-state index contributed by atoms with van der Waals surface area (Å²) in [5.41, 5.74) is -0.471. The number of aliphatic hydroxyl groups is 1. The smallest absolute Gasteiger partial charge is 0.0774 e. The summed E-state index contributed by atoms with van der Waals surface area (Å²) in [6.07, 6.45) is 3.82. The van der Waals surface area contributed by atoms with E-state index in [4.69, 9.17) is 0 Å². The summed E-state index contributed by atoms with van der Waals surface area (Å²) >= 11 is 2.07. The van der Waals surface area contributed by atoms with E-state index in [0.717, 1.165) is 25.4 Å². The maximum atomic E-state index is 10.3. The zero-order chi connectivity index (χ0) is 10.0. The van der Waals surface area contributed by atoms with Crippen LogP contribution in [0.1, 0.15) is 26.2 Å². The molecule has 2 saturated heterocycles. The topological polar surface area (TPSA) is 32.3 Å². The van der Waals surface area contributed by atoms with Gasteiger partial charge >= 0.3 is 0 Å². The molecule has 0 saturated carbocycles. The highest BCUT2D eigenvalue weighted by Gasteiger charge is 2.39. The standard InChI is InChI=1S/C11H21NOS/c1-11(13)8-12-5-4-10(11)9-3-2-6-14-7-9/h9-10,12-13H,2-8H2,1H3. The van der Waals surface area contributed by atoms with E-state index in [1.54, 1.807) is 0 Å². The number of thioether (sulfide) groups is 1. The van der Waals surface area contributed by atoms with Gasteiger partial charge in [0.15, 0.2) is 0 Å². The van der Waals surface area contributed by atoms with E-state index < -0.39 is 5.60 Å². The summed E-state index contributed by atoms with van der Waals surface area (Å²) in [5, 5.41) is 13.6. The van der Waals surface area contributed by atoms with Gasteiger partial charge in [-0.15, -0.1) is 0 Å². The van der Waals surface area contributed by atoms with Gasteiger partial charge in [0.05, 0.1) is 5.60 Å². The molecule has 3 atom stereocenters. The van der Waals surface area contributed by atoms with Crippen molar-refractivity contribution in [3.8, 4) is 0 Å². The molecule has 0 aliphatic carbocycles. The average molecular weight is 215 g/mol. The van der Waals surface area contributed by atoms with Crippen molar-refractivity contribution in [2.24, 2.45) is 11.8 Å². The number of β-amino-alcohol motifs (C(OH)–C–C–N with tert-alkyl or cyclic N) is 1. The fourth-order valence-electron chi connectivity index (χ4n) is 2.87. The van der Waals surface area contributed by atoms with E-state index in [0.29, 0.717) is 5.92 Å². The number of hydrogen-bond donors (Lipinski definition) is 2. The van der Waals surface area contributed by atoms with Crippen LogP contribution in [0.3, 0.4) is 0 Å². The summed E-state index contributed by atoms with van der Waals surface area (Å²) in [7, 11) is 0. The number of nitrogens with one attached hydrogen (secondary N) is 1. The lowest BCUT2D eigenvalue weighted by molar-refractivity contribution is -0.0425. The Balaban J connectivity index is 1.99. The Labute approximate surface area is 90.8 Å². The third-order valence-corrected chi connectivity index (χ3v) is 4.92. The second kappa shape index (κ2) is 4.42. The number of hydrogen-bond acceptors (Lipinski definition) is 3. The Morgan fingerprint density at radius 2 is 2.29 bits per heavy atom. The molecule has 3 heteroatoms. The van der Waals surface area contributed by atoms with Gasteiger partial charge in [-0.2, -0.15) is 11.8 Å². The molecule has 0 aromatic carbocycles. The van der Waals surface area contributed by atoms with Crippen LogP contribution in [0.25, 0.3) is 0 Å². The van der Waals surface area contributed by atoms with Crippen molar-refractivity contribution < 1.29 is 5.11 Å². The molecule has 0 amide bonds. The van der Waals surface area contributed by atoms with E-state index in [-0.39, 0.29) is 0 Å². The maximum absolute atomic E-state index is 10.3. The molecule has 2 N–H and O–H groups in total. The van der Waals surface area contributed by atoms with Crippen molar-refractivity contribution >= 4 is 11.8 Å². The van der Waals surface area contributed by atoms with E-state index in [1.165, 1.54) is 24.3 Å². The highest BCUT2D eigenvalue weighted by Crippen LogP contribution is 2.37. The van der Waals surface area contributed by atoms with Gasteiger partial charge in [-0.05, 0) is 56.1 Å². The summed E-state index contributed by atoms with van der Waals surface area (Å²) in [4.78, 5) is 0. The summed E-state index contributed by atoms with van der Waals surface area (Å²) < 4.78 is 0. The van der Waals surface area contributed by atoms with Crippen LogP contribution < -0.4 is 5.32 Å². The first-order chi connectivity index (χ1) is 6.70. The zero-order valence-corrected chi connectivity index (χ0v) is 9.78. The lowest BCUT2D eigenvalue weighted by Crippen LogP contribution is -2.53. The molecule has 0 bridgehead atoms. The fourth-order valence-corrected chi connectivity index (χ4v) is 4.11. The number of rotatable bonds is 1. The van der Waals surface area contributed by atoms with Crippen LogP contribution in [0.2, 0.25) is 0 Å². The quantitative estimate of drug-likeness (QED) is 0.695. The van der Waals surface area contributed by atoms with Crippen molar-refractivity contribution in [3.05, 3.63) is 0 Å². The van der Waals surface area contributed by atoms with Crippen LogP contribution in [0, 0.1) is 11.8 Å². The first kappa shape index (κ1) is 10.8. The summed E-state index contributed by atoms with van der Waals surface area (Å²) in [6, 6.07) is 0. The first-order valence-electron chi connectivity index (χ1n) is 5.71. The number of piperidine rings is 1. The molecule has 0 aromatic heterocycles. The van der Waals surface area contributed by atoms with Gasteiger partial charge < -0.3 is 10.4 Å². The Hall–Kier alpha value is 0.270. The normalized spacial score (nSPS) is 45.0. The van der Waals surface area contributed by atoms with Crippen molar-refractivity contribution in [1.29, 1.82) is 0 Å². The molecule has 3 unspecified atom stereocenters. The third-order valence-electron chi connectivity index (χ3n) is 3.68. The molecule has 0 aromatic rings. The molecule has 2 aliphatic heterocycles. The second-order valence-electron chi connectivity index (χ2n) is 4.91.